The lowest BCUT2D eigenvalue weighted by Gasteiger charge is -2.29. The summed E-state index contributed by atoms with van der Waals surface area (Å²) in [5, 5.41) is 0.530. The topological polar surface area (TPSA) is 59.1 Å². The third-order valence-corrected chi connectivity index (χ3v) is 5.74. The van der Waals surface area contributed by atoms with Gasteiger partial charge in [-0.1, -0.05) is 48.9 Å². The highest BCUT2D eigenvalue weighted by molar-refractivity contribution is 6.35. The van der Waals surface area contributed by atoms with Crippen LogP contribution in [-0.2, 0) is 20.9 Å². The molecule has 0 aromatic heterocycles. The smallest absolute Gasteiger partial charge is 0.278 e. The first-order valence-corrected chi connectivity index (χ1v) is 10.9. The lowest BCUT2D eigenvalue weighted by Crippen LogP contribution is -2.40. The predicted octanol–water partition coefficient (Wildman–Crippen LogP) is 3.74. The van der Waals surface area contributed by atoms with Gasteiger partial charge < -0.3 is 14.4 Å². The molecule has 2 aromatic rings. The van der Waals surface area contributed by atoms with Gasteiger partial charge in [-0.05, 0) is 35.7 Å². The second kappa shape index (κ2) is 9.54. The Morgan fingerprint density at radius 2 is 1.71 bits per heavy atom. The van der Waals surface area contributed by atoms with Crippen molar-refractivity contribution in [3.63, 3.8) is 0 Å². The molecule has 162 valence electrons. The Bertz CT molecular complexity index is 997. The monoisotopic (exact) mass is 440 g/mol. The Balaban J connectivity index is 1.69. The number of benzene rings is 2. The molecule has 7 heteroatoms. The summed E-state index contributed by atoms with van der Waals surface area (Å²) in [6, 6.07) is 14.6. The average molecular weight is 441 g/mol. The number of morpholine rings is 1. The van der Waals surface area contributed by atoms with Crippen LogP contribution in [0.2, 0.25) is 5.02 Å². The zero-order chi connectivity index (χ0) is 21.8. The zero-order valence-electron chi connectivity index (χ0n) is 17.5. The predicted molar refractivity (Wildman–Crippen MR) is 119 cm³/mol. The van der Waals surface area contributed by atoms with Crippen LogP contribution in [0, 0.1) is 0 Å². The number of carbonyl (C=O) groups is 2. The molecule has 6 nitrogen and oxygen atoms in total. The number of ether oxygens (including phenoxy) is 2. The number of hydrogen-bond acceptors (Lipinski definition) is 5. The summed E-state index contributed by atoms with van der Waals surface area (Å²) in [4.78, 5) is 30.1. The fourth-order valence-electron chi connectivity index (χ4n) is 3.78. The van der Waals surface area contributed by atoms with Gasteiger partial charge in [0.2, 0.25) is 0 Å². The van der Waals surface area contributed by atoms with Crippen molar-refractivity contribution in [1.82, 2.24) is 9.80 Å². The van der Waals surface area contributed by atoms with E-state index in [9.17, 15) is 9.59 Å². The summed E-state index contributed by atoms with van der Waals surface area (Å²) in [6.07, 6.45) is 0.915. The maximum Gasteiger partial charge on any atom is 0.278 e. The zero-order valence-corrected chi connectivity index (χ0v) is 18.2. The molecule has 0 N–H and O–H groups in total. The van der Waals surface area contributed by atoms with Gasteiger partial charge in [-0.25, -0.2) is 0 Å². The number of rotatable bonds is 7. The first kappa shape index (κ1) is 21.4. The molecule has 31 heavy (non-hydrogen) atoms. The van der Waals surface area contributed by atoms with Gasteiger partial charge in [-0.3, -0.25) is 14.5 Å². The Labute approximate surface area is 187 Å². The first-order chi connectivity index (χ1) is 15.1. The van der Waals surface area contributed by atoms with Gasteiger partial charge in [-0.15, -0.1) is 0 Å². The van der Waals surface area contributed by atoms with Crippen molar-refractivity contribution in [1.29, 1.82) is 0 Å². The minimum Gasteiger partial charge on any atom is -0.494 e. The molecule has 2 amide bonds. The summed E-state index contributed by atoms with van der Waals surface area (Å²) >= 11 is 6.29. The molecule has 2 aliphatic heterocycles. The summed E-state index contributed by atoms with van der Waals surface area (Å²) < 4.78 is 11.1. The average Bonchev–Trinajstić information content (AvgIpc) is 3.05. The van der Waals surface area contributed by atoms with E-state index < -0.39 is 0 Å². The standard InChI is InChI=1S/C24H25ClN2O4/c1-2-13-31-19-9-7-17(8-10-19)21-22(26-11-14-30-15-12-26)24(29)27(23(21)28)16-18-5-3-4-6-20(18)25/h3-10H,2,11-16H2,1H3. The Morgan fingerprint density at radius 1 is 1.00 bits per heavy atom. The van der Waals surface area contributed by atoms with Crippen molar-refractivity contribution in [2.75, 3.05) is 32.9 Å². The van der Waals surface area contributed by atoms with Crippen molar-refractivity contribution in [2.24, 2.45) is 0 Å². The second-order valence-electron chi connectivity index (χ2n) is 7.48. The van der Waals surface area contributed by atoms with Crippen LogP contribution in [0.25, 0.3) is 5.57 Å². The molecule has 0 bridgehead atoms. The lowest BCUT2D eigenvalue weighted by molar-refractivity contribution is -0.138. The molecule has 4 rings (SSSR count). The van der Waals surface area contributed by atoms with Gasteiger partial charge >= 0.3 is 0 Å². The van der Waals surface area contributed by atoms with Gasteiger partial charge in [0.25, 0.3) is 11.8 Å². The van der Waals surface area contributed by atoms with E-state index in [1.807, 2.05) is 54.3 Å². The second-order valence-corrected chi connectivity index (χ2v) is 7.89. The van der Waals surface area contributed by atoms with Gasteiger partial charge in [0.05, 0.1) is 31.9 Å². The van der Waals surface area contributed by atoms with E-state index in [-0.39, 0.29) is 18.4 Å². The number of halogens is 1. The minimum atomic E-state index is -0.311. The van der Waals surface area contributed by atoms with E-state index in [0.29, 0.717) is 54.8 Å². The van der Waals surface area contributed by atoms with E-state index in [4.69, 9.17) is 21.1 Å². The molecule has 0 atom stereocenters. The third-order valence-electron chi connectivity index (χ3n) is 5.37. The molecule has 0 radical (unpaired) electrons. The molecule has 0 spiro atoms. The van der Waals surface area contributed by atoms with Crippen LogP contribution in [0.5, 0.6) is 5.75 Å². The number of amides is 2. The van der Waals surface area contributed by atoms with Crippen molar-refractivity contribution in [2.45, 2.75) is 19.9 Å². The molecular weight excluding hydrogens is 416 g/mol. The van der Waals surface area contributed by atoms with E-state index >= 15 is 0 Å². The third kappa shape index (κ3) is 4.45. The Kier molecular flexibility index (Phi) is 6.59. The van der Waals surface area contributed by atoms with Crippen LogP contribution in [0.3, 0.4) is 0 Å². The van der Waals surface area contributed by atoms with Crippen molar-refractivity contribution in [3.05, 3.63) is 70.4 Å². The maximum atomic E-state index is 13.5. The van der Waals surface area contributed by atoms with Crippen molar-refractivity contribution < 1.29 is 19.1 Å². The summed E-state index contributed by atoms with van der Waals surface area (Å²) in [6.45, 7) is 4.98. The van der Waals surface area contributed by atoms with Gasteiger partial charge in [0.15, 0.2) is 0 Å². The number of carbonyl (C=O) groups excluding carboxylic acids is 2. The molecular formula is C24H25ClN2O4. The van der Waals surface area contributed by atoms with Crippen LogP contribution in [0.4, 0.5) is 0 Å². The summed E-state index contributed by atoms with van der Waals surface area (Å²) in [5.41, 5.74) is 2.28. The minimum absolute atomic E-state index is 0.131. The first-order valence-electron chi connectivity index (χ1n) is 10.5. The fraction of sp³-hybridized carbons (Fsp3) is 0.333. The molecule has 0 saturated carbocycles. The highest BCUT2D eigenvalue weighted by Crippen LogP contribution is 2.34. The van der Waals surface area contributed by atoms with Crippen LogP contribution >= 0.6 is 11.6 Å². The molecule has 0 aliphatic carbocycles. The molecule has 2 aromatic carbocycles. The fourth-order valence-corrected chi connectivity index (χ4v) is 3.98. The van der Waals surface area contributed by atoms with Gasteiger partial charge in [0, 0.05) is 18.1 Å². The van der Waals surface area contributed by atoms with Crippen LogP contribution in [0.1, 0.15) is 24.5 Å². The van der Waals surface area contributed by atoms with E-state index in [1.165, 1.54) is 4.90 Å². The van der Waals surface area contributed by atoms with Crippen LogP contribution in [-0.4, -0.2) is 54.5 Å². The Morgan fingerprint density at radius 3 is 2.39 bits per heavy atom. The van der Waals surface area contributed by atoms with E-state index in [1.54, 1.807) is 6.07 Å². The Hall–Kier alpha value is -2.83. The van der Waals surface area contributed by atoms with Gasteiger partial charge in [0.1, 0.15) is 11.4 Å². The largest absolute Gasteiger partial charge is 0.494 e. The summed E-state index contributed by atoms with van der Waals surface area (Å²) in [7, 11) is 0. The van der Waals surface area contributed by atoms with E-state index in [0.717, 1.165) is 17.7 Å². The molecule has 1 fully saturated rings. The van der Waals surface area contributed by atoms with Crippen LogP contribution < -0.4 is 4.74 Å². The normalized spacial score (nSPS) is 17.0. The van der Waals surface area contributed by atoms with Gasteiger partial charge in [-0.2, -0.15) is 0 Å². The van der Waals surface area contributed by atoms with Crippen molar-refractivity contribution in [3.8, 4) is 5.75 Å². The summed E-state index contributed by atoms with van der Waals surface area (Å²) in [5.74, 6) is 0.130. The molecule has 2 heterocycles. The molecule has 1 saturated heterocycles. The molecule has 2 aliphatic rings. The lowest BCUT2D eigenvalue weighted by atomic mass is 10.0. The number of nitrogens with zero attached hydrogens (tertiary/aromatic N) is 2. The van der Waals surface area contributed by atoms with Crippen LogP contribution in [0.15, 0.2) is 54.2 Å². The number of hydrogen-bond donors (Lipinski definition) is 0. The highest BCUT2D eigenvalue weighted by Gasteiger charge is 2.42. The quantitative estimate of drug-likeness (QED) is 0.614. The highest BCUT2D eigenvalue weighted by atomic mass is 35.5. The maximum absolute atomic E-state index is 13.5. The number of imide groups is 1. The SMILES string of the molecule is CCCOc1ccc(C2=C(N3CCOCC3)C(=O)N(Cc3ccccc3Cl)C2=O)cc1. The molecule has 0 unspecified atom stereocenters. The van der Waals surface area contributed by atoms with E-state index in [2.05, 4.69) is 0 Å². The van der Waals surface area contributed by atoms with Crippen molar-refractivity contribution >= 4 is 29.0 Å².